The van der Waals surface area contributed by atoms with Crippen molar-refractivity contribution in [2.45, 2.75) is 53.4 Å². The Morgan fingerprint density at radius 1 is 0.941 bits per heavy atom. The van der Waals surface area contributed by atoms with Crippen molar-refractivity contribution in [2.24, 2.45) is 17.3 Å². The second kappa shape index (κ2) is 8.93. The van der Waals surface area contributed by atoms with Crippen LogP contribution in [-0.2, 0) is 9.47 Å². The van der Waals surface area contributed by atoms with Crippen LogP contribution in [0.3, 0.4) is 0 Å². The van der Waals surface area contributed by atoms with Crippen molar-refractivity contribution in [2.75, 3.05) is 27.4 Å². The van der Waals surface area contributed by atoms with Crippen molar-refractivity contribution in [3.8, 4) is 0 Å². The van der Waals surface area contributed by atoms with E-state index in [1.807, 2.05) is 0 Å². The number of unbranched alkanes of at least 4 members (excludes halogenated alkanes) is 1. The molecule has 0 saturated carbocycles. The Bertz CT molecular complexity index is 172. The van der Waals surface area contributed by atoms with Crippen LogP contribution in [0.4, 0.5) is 0 Å². The van der Waals surface area contributed by atoms with Gasteiger partial charge in [0.2, 0.25) is 0 Å². The lowest BCUT2D eigenvalue weighted by atomic mass is 9.77. The molecule has 0 amide bonds. The van der Waals surface area contributed by atoms with Gasteiger partial charge >= 0.3 is 0 Å². The summed E-state index contributed by atoms with van der Waals surface area (Å²) in [6.45, 7) is 10.9. The molecule has 0 bridgehead atoms. The van der Waals surface area contributed by atoms with Crippen LogP contribution in [0.5, 0.6) is 0 Å². The summed E-state index contributed by atoms with van der Waals surface area (Å²) in [6.07, 6.45) is 5.01. The van der Waals surface area contributed by atoms with Gasteiger partial charge in [-0.25, -0.2) is 0 Å². The quantitative estimate of drug-likeness (QED) is 0.607. The maximum Gasteiger partial charge on any atom is 0.0494 e. The van der Waals surface area contributed by atoms with Crippen molar-refractivity contribution in [3.05, 3.63) is 0 Å². The van der Waals surface area contributed by atoms with Gasteiger partial charge in [-0.1, -0.05) is 40.5 Å². The van der Waals surface area contributed by atoms with Gasteiger partial charge in [-0.05, 0) is 30.1 Å². The zero-order chi connectivity index (χ0) is 13.3. The standard InChI is InChI=1S/C15H32O2/c1-7-8-9-13(11-16-5)14(12-17-6)10-15(2,3)4/h13-14H,7-12H2,1-6H3. The number of hydrogen-bond acceptors (Lipinski definition) is 2. The highest BCUT2D eigenvalue weighted by molar-refractivity contribution is 4.76. The van der Waals surface area contributed by atoms with Gasteiger partial charge in [0, 0.05) is 27.4 Å². The molecule has 0 heterocycles. The number of rotatable bonds is 9. The van der Waals surface area contributed by atoms with Crippen LogP contribution >= 0.6 is 0 Å². The van der Waals surface area contributed by atoms with E-state index in [0.29, 0.717) is 17.3 Å². The molecule has 0 aliphatic carbocycles. The Balaban J connectivity index is 4.45. The average Bonchev–Trinajstić information content (AvgIpc) is 2.22. The van der Waals surface area contributed by atoms with Crippen LogP contribution in [0.2, 0.25) is 0 Å². The molecule has 0 spiro atoms. The predicted octanol–water partition coefficient (Wildman–Crippen LogP) is 4.14. The molecule has 0 aromatic rings. The third-order valence-electron chi connectivity index (χ3n) is 3.23. The van der Waals surface area contributed by atoms with Gasteiger partial charge in [-0.2, -0.15) is 0 Å². The fourth-order valence-electron chi connectivity index (χ4n) is 2.50. The highest BCUT2D eigenvalue weighted by Crippen LogP contribution is 2.31. The highest BCUT2D eigenvalue weighted by atomic mass is 16.5. The van der Waals surface area contributed by atoms with Crippen molar-refractivity contribution < 1.29 is 9.47 Å². The van der Waals surface area contributed by atoms with Gasteiger partial charge in [0.15, 0.2) is 0 Å². The number of hydrogen-bond donors (Lipinski definition) is 0. The minimum absolute atomic E-state index is 0.363. The minimum atomic E-state index is 0.363. The van der Waals surface area contributed by atoms with Gasteiger partial charge in [0.05, 0.1) is 0 Å². The third-order valence-corrected chi connectivity index (χ3v) is 3.23. The van der Waals surface area contributed by atoms with E-state index in [4.69, 9.17) is 9.47 Å². The molecule has 0 aromatic heterocycles. The van der Waals surface area contributed by atoms with E-state index in [2.05, 4.69) is 27.7 Å². The molecule has 17 heavy (non-hydrogen) atoms. The molecule has 0 aliphatic rings. The van der Waals surface area contributed by atoms with Crippen molar-refractivity contribution in [1.29, 1.82) is 0 Å². The van der Waals surface area contributed by atoms with Crippen LogP contribution in [-0.4, -0.2) is 27.4 Å². The Morgan fingerprint density at radius 2 is 1.47 bits per heavy atom. The van der Waals surface area contributed by atoms with E-state index in [1.165, 1.54) is 25.7 Å². The van der Waals surface area contributed by atoms with Crippen LogP contribution < -0.4 is 0 Å². The van der Waals surface area contributed by atoms with E-state index in [9.17, 15) is 0 Å². The second-order valence-electron chi connectivity index (χ2n) is 6.34. The summed E-state index contributed by atoms with van der Waals surface area (Å²) in [5.74, 6) is 1.26. The smallest absolute Gasteiger partial charge is 0.0494 e. The first-order valence-corrected chi connectivity index (χ1v) is 6.92. The molecule has 2 nitrogen and oxygen atoms in total. The Kier molecular flexibility index (Phi) is 8.89. The first-order valence-electron chi connectivity index (χ1n) is 6.92. The summed E-state index contributed by atoms with van der Waals surface area (Å²) in [4.78, 5) is 0. The topological polar surface area (TPSA) is 18.5 Å². The van der Waals surface area contributed by atoms with Gasteiger partial charge in [0.25, 0.3) is 0 Å². The van der Waals surface area contributed by atoms with E-state index < -0.39 is 0 Å². The van der Waals surface area contributed by atoms with Gasteiger partial charge in [-0.15, -0.1) is 0 Å². The summed E-state index contributed by atoms with van der Waals surface area (Å²) in [5, 5.41) is 0. The molecule has 0 fully saturated rings. The molecular formula is C15H32O2. The summed E-state index contributed by atoms with van der Waals surface area (Å²) < 4.78 is 10.8. The van der Waals surface area contributed by atoms with Crippen molar-refractivity contribution in [3.63, 3.8) is 0 Å². The number of ether oxygens (including phenoxy) is 2. The fourth-order valence-corrected chi connectivity index (χ4v) is 2.50. The van der Waals surface area contributed by atoms with Crippen molar-refractivity contribution in [1.82, 2.24) is 0 Å². The summed E-state index contributed by atoms with van der Waals surface area (Å²) >= 11 is 0. The summed E-state index contributed by atoms with van der Waals surface area (Å²) in [7, 11) is 3.61. The van der Waals surface area contributed by atoms with Gasteiger partial charge in [0.1, 0.15) is 0 Å². The molecule has 0 radical (unpaired) electrons. The van der Waals surface area contributed by atoms with E-state index >= 15 is 0 Å². The van der Waals surface area contributed by atoms with Gasteiger partial charge < -0.3 is 9.47 Å². The largest absolute Gasteiger partial charge is 0.384 e. The first kappa shape index (κ1) is 16.9. The molecular weight excluding hydrogens is 212 g/mol. The lowest BCUT2D eigenvalue weighted by Crippen LogP contribution is -2.28. The molecule has 2 atom stereocenters. The molecule has 0 aromatic carbocycles. The zero-order valence-corrected chi connectivity index (χ0v) is 12.7. The highest BCUT2D eigenvalue weighted by Gasteiger charge is 2.26. The molecule has 0 N–H and O–H groups in total. The zero-order valence-electron chi connectivity index (χ0n) is 12.7. The van der Waals surface area contributed by atoms with E-state index in [1.54, 1.807) is 14.2 Å². The first-order chi connectivity index (χ1) is 7.94. The minimum Gasteiger partial charge on any atom is -0.384 e. The monoisotopic (exact) mass is 244 g/mol. The van der Waals surface area contributed by atoms with E-state index in [-0.39, 0.29) is 0 Å². The van der Waals surface area contributed by atoms with Crippen molar-refractivity contribution >= 4 is 0 Å². The molecule has 0 saturated heterocycles. The number of methoxy groups -OCH3 is 2. The Hall–Kier alpha value is -0.0800. The summed E-state index contributed by atoms with van der Waals surface area (Å²) in [5.41, 5.74) is 0.363. The third kappa shape index (κ3) is 8.62. The van der Waals surface area contributed by atoms with E-state index in [0.717, 1.165) is 13.2 Å². The molecule has 2 unspecified atom stereocenters. The van der Waals surface area contributed by atoms with Gasteiger partial charge in [-0.3, -0.25) is 0 Å². The second-order valence-corrected chi connectivity index (χ2v) is 6.34. The predicted molar refractivity (Wildman–Crippen MR) is 74.3 cm³/mol. The lowest BCUT2D eigenvalue weighted by molar-refractivity contribution is 0.0450. The van der Waals surface area contributed by atoms with Crippen LogP contribution in [0.1, 0.15) is 53.4 Å². The van der Waals surface area contributed by atoms with Crippen LogP contribution in [0.15, 0.2) is 0 Å². The molecule has 104 valence electrons. The van der Waals surface area contributed by atoms with Crippen LogP contribution in [0, 0.1) is 17.3 Å². The maximum atomic E-state index is 5.40. The SMILES string of the molecule is CCCCC(COC)C(COC)CC(C)(C)C. The molecule has 0 aliphatic heterocycles. The maximum absolute atomic E-state index is 5.40. The molecule has 0 rings (SSSR count). The Labute approximate surface area is 108 Å². The summed E-state index contributed by atoms with van der Waals surface area (Å²) in [6, 6.07) is 0. The average molecular weight is 244 g/mol. The lowest BCUT2D eigenvalue weighted by Gasteiger charge is -2.31. The Morgan fingerprint density at radius 3 is 1.88 bits per heavy atom. The normalized spacial score (nSPS) is 15.9. The molecule has 2 heteroatoms. The fraction of sp³-hybridized carbons (Fsp3) is 1.00. The van der Waals surface area contributed by atoms with Crippen LogP contribution in [0.25, 0.3) is 0 Å².